The molecule has 0 N–H and O–H groups in total. The Morgan fingerprint density at radius 3 is 2.72 bits per heavy atom. The van der Waals surface area contributed by atoms with Crippen LogP contribution < -0.4 is 10.3 Å². The number of halogens is 1. The molecule has 5 aromatic rings. The van der Waals surface area contributed by atoms with Gasteiger partial charge in [-0.15, -0.1) is 0 Å². The van der Waals surface area contributed by atoms with Crippen molar-refractivity contribution in [2.24, 2.45) is 5.10 Å². The largest absolute Gasteiger partial charge is 0.488 e. The molecule has 0 aliphatic carbocycles. The first-order valence-electron chi connectivity index (χ1n) is 12.6. The van der Waals surface area contributed by atoms with Gasteiger partial charge in [0.05, 0.1) is 22.0 Å². The molecule has 1 aromatic heterocycles. The van der Waals surface area contributed by atoms with Gasteiger partial charge in [-0.1, -0.05) is 71.7 Å². The van der Waals surface area contributed by atoms with E-state index in [1.54, 1.807) is 24.4 Å². The van der Waals surface area contributed by atoms with Gasteiger partial charge in [-0.3, -0.25) is 14.9 Å². The zero-order valence-corrected chi connectivity index (χ0v) is 22.8. The molecule has 39 heavy (non-hydrogen) atoms. The smallest absolute Gasteiger partial charge is 0.282 e. The highest BCUT2D eigenvalue weighted by molar-refractivity contribution is 9.10. The second-order valence-electron chi connectivity index (χ2n) is 9.07. The molecule has 0 fully saturated rings. The molecule has 0 saturated carbocycles. The predicted molar refractivity (Wildman–Crippen MR) is 157 cm³/mol. The van der Waals surface area contributed by atoms with Crippen molar-refractivity contribution in [2.45, 2.75) is 32.8 Å². The van der Waals surface area contributed by atoms with E-state index in [2.05, 4.69) is 28.0 Å². The first-order valence-corrected chi connectivity index (χ1v) is 13.4. The van der Waals surface area contributed by atoms with Crippen LogP contribution in [0.15, 0.2) is 93.2 Å². The quantitative estimate of drug-likeness (QED) is 0.105. The number of unbranched alkanes of at least 4 members (excludes halogenated alkanes) is 1. The number of hydrogen-bond acceptors (Lipinski definition) is 6. The molecule has 0 saturated heterocycles. The van der Waals surface area contributed by atoms with Crippen LogP contribution in [-0.2, 0) is 13.0 Å². The zero-order chi connectivity index (χ0) is 27.4. The van der Waals surface area contributed by atoms with Gasteiger partial charge in [0.1, 0.15) is 18.2 Å². The fourth-order valence-electron chi connectivity index (χ4n) is 4.38. The molecule has 0 spiro atoms. The first-order chi connectivity index (χ1) is 18.9. The zero-order valence-electron chi connectivity index (χ0n) is 21.2. The van der Waals surface area contributed by atoms with E-state index in [9.17, 15) is 14.9 Å². The maximum Gasteiger partial charge on any atom is 0.282 e. The third-order valence-electron chi connectivity index (χ3n) is 6.38. The van der Waals surface area contributed by atoms with E-state index in [1.807, 2.05) is 48.5 Å². The SMILES string of the molecule is CCCCc1nc2ccc(Br)cc2c(=O)n1N=Cc1c(OCc2cccc([N+](=O)[O-])c2)ccc2ccccc12. The maximum absolute atomic E-state index is 13.5. The molecular weight excluding hydrogens is 560 g/mol. The first kappa shape index (κ1) is 26.2. The van der Waals surface area contributed by atoms with Crippen LogP contribution in [0.1, 0.15) is 36.7 Å². The molecule has 5 rings (SSSR count). The van der Waals surface area contributed by atoms with Crippen LogP contribution >= 0.6 is 15.9 Å². The van der Waals surface area contributed by atoms with E-state index < -0.39 is 4.92 Å². The summed E-state index contributed by atoms with van der Waals surface area (Å²) < 4.78 is 8.30. The lowest BCUT2D eigenvalue weighted by atomic mass is 10.0. The molecule has 0 aliphatic heterocycles. The van der Waals surface area contributed by atoms with Crippen LogP contribution in [-0.4, -0.2) is 20.8 Å². The maximum atomic E-state index is 13.5. The fourth-order valence-corrected chi connectivity index (χ4v) is 4.74. The summed E-state index contributed by atoms with van der Waals surface area (Å²) in [5, 5.41) is 18.2. The van der Waals surface area contributed by atoms with Gasteiger partial charge in [0.25, 0.3) is 11.2 Å². The van der Waals surface area contributed by atoms with Crippen LogP contribution in [0, 0.1) is 10.1 Å². The lowest BCUT2D eigenvalue weighted by molar-refractivity contribution is -0.384. The van der Waals surface area contributed by atoms with Gasteiger partial charge in [-0.2, -0.15) is 9.78 Å². The van der Waals surface area contributed by atoms with E-state index in [0.29, 0.717) is 40.0 Å². The molecule has 4 aromatic carbocycles. The Morgan fingerprint density at radius 1 is 1.05 bits per heavy atom. The number of benzene rings is 4. The van der Waals surface area contributed by atoms with Crippen LogP contribution in [0.2, 0.25) is 0 Å². The number of ether oxygens (including phenoxy) is 1. The number of aromatic nitrogens is 2. The van der Waals surface area contributed by atoms with Crippen molar-refractivity contribution < 1.29 is 9.66 Å². The molecule has 0 aliphatic rings. The molecule has 196 valence electrons. The van der Waals surface area contributed by atoms with Crippen LogP contribution in [0.5, 0.6) is 5.75 Å². The number of nitrogens with zero attached hydrogens (tertiary/aromatic N) is 4. The molecule has 0 unspecified atom stereocenters. The monoisotopic (exact) mass is 584 g/mol. The highest BCUT2D eigenvalue weighted by Crippen LogP contribution is 2.28. The molecule has 0 radical (unpaired) electrons. The fraction of sp³-hybridized carbons (Fsp3) is 0.167. The van der Waals surface area contributed by atoms with Gasteiger partial charge in [0.15, 0.2) is 0 Å². The van der Waals surface area contributed by atoms with Crippen molar-refractivity contribution in [2.75, 3.05) is 0 Å². The average Bonchev–Trinajstić information content (AvgIpc) is 2.95. The number of hydrogen-bond donors (Lipinski definition) is 0. The van der Waals surface area contributed by atoms with Crippen molar-refractivity contribution in [3.63, 3.8) is 0 Å². The Balaban J connectivity index is 1.59. The van der Waals surface area contributed by atoms with E-state index >= 15 is 0 Å². The van der Waals surface area contributed by atoms with Crippen LogP contribution in [0.4, 0.5) is 5.69 Å². The summed E-state index contributed by atoms with van der Waals surface area (Å²) in [5.74, 6) is 1.14. The number of nitro benzene ring substituents is 1. The van der Waals surface area contributed by atoms with E-state index in [1.165, 1.54) is 16.8 Å². The molecule has 8 nitrogen and oxygen atoms in total. The number of nitro groups is 1. The van der Waals surface area contributed by atoms with Crippen LogP contribution in [0.25, 0.3) is 21.7 Å². The molecule has 1 heterocycles. The summed E-state index contributed by atoms with van der Waals surface area (Å²) in [7, 11) is 0. The second-order valence-corrected chi connectivity index (χ2v) is 9.98. The minimum atomic E-state index is -0.429. The summed E-state index contributed by atoms with van der Waals surface area (Å²) in [6.07, 6.45) is 4.07. The minimum Gasteiger partial charge on any atom is -0.488 e. The number of rotatable bonds is 9. The summed E-state index contributed by atoms with van der Waals surface area (Å²) in [4.78, 5) is 29.0. The van der Waals surface area contributed by atoms with Gasteiger partial charge in [0.2, 0.25) is 0 Å². The van der Waals surface area contributed by atoms with Crippen molar-refractivity contribution >= 4 is 49.5 Å². The number of fused-ring (bicyclic) bond motifs is 2. The van der Waals surface area contributed by atoms with Crippen molar-refractivity contribution in [1.82, 2.24) is 9.66 Å². The molecule has 0 atom stereocenters. The summed E-state index contributed by atoms with van der Waals surface area (Å²) in [6, 6.07) is 23.4. The lowest BCUT2D eigenvalue weighted by Crippen LogP contribution is -2.22. The standard InChI is InChI=1S/C30H25BrN4O4/c1-2-3-11-29-33-27-14-13-22(31)17-25(27)30(36)34(29)32-18-26-24-10-5-4-8-21(24)12-15-28(26)39-19-20-7-6-9-23(16-20)35(37)38/h4-10,12-18H,2-3,11,19H2,1H3. The molecular formula is C30H25BrN4O4. The summed E-state index contributed by atoms with van der Waals surface area (Å²) >= 11 is 3.44. The van der Waals surface area contributed by atoms with Crippen molar-refractivity contribution in [3.8, 4) is 5.75 Å². The van der Waals surface area contributed by atoms with Gasteiger partial charge in [-0.25, -0.2) is 4.98 Å². The van der Waals surface area contributed by atoms with Gasteiger partial charge >= 0.3 is 0 Å². The van der Waals surface area contributed by atoms with E-state index in [4.69, 9.17) is 9.72 Å². The van der Waals surface area contributed by atoms with Crippen LogP contribution in [0.3, 0.4) is 0 Å². The Bertz CT molecular complexity index is 1780. The minimum absolute atomic E-state index is 0.00539. The lowest BCUT2D eigenvalue weighted by Gasteiger charge is -2.13. The van der Waals surface area contributed by atoms with Gasteiger partial charge < -0.3 is 4.74 Å². The van der Waals surface area contributed by atoms with Crippen molar-refractivity contribution in [1.29, 1.82) is 0 Å². The highest BCUT2D eigenvalue weighted by Gasteiger charge is 2.13. The molecule has 9 heteroatoms. The second kappa shape index (κ2) is 11.6. The average molecular weight is 585 g/mol. The summed E-state index contributed by atoms with van der Waals surface area (Å²) in [5.41, 5.74) is 1.75. The molecule has 0 bridgehead atoms. The third kappa shape index (κ3) is 5.73. The highest BCUT2D eigenvalue weighted by atomic mass is 79.9. The summed E-state index contributed by atoms with van der Waals surface area (Å²) in [6.45, 7) is 2.22. The van der Waals surface area contributed by atoms with E-state index in [-0.39, 0.29) is 17.9 Å². The van der Waals surface area contributed by atoms with E-state index in [0.717, 1.165) is 28.1 Å². The number of non-ortho nitro benzene ring substituents is 1. The Labute approximate surface area is 232 Å². The van der Waals surface area contributed by atoms with Crippen molar-refractivity contribution in [3.05, 3.63) is 121 Å². The Hall–Kier alpha value is -4.37. The third-order valence-corrected chi connectivity index (χ3v) is 6.87. The normalized spacial score (nSPS) is 11.4. The topological polar surface area (TPSA) is 99.6 Å². The number of aryl methyl sites for hydroxylation is 1. The Morgan fingerprint density at radius 2 is 1.90 bits per heavy atom. The predicted octanol–water partition coefficient (Wildman–Crippen LogP) is 7.02. The van der Waals surface area contributed by atoms with Gasteiger partial charge in [0, 0.05) is 28.6 Å². The molecule has 0 amide bonds. The van der Waals surface area contributed by atoms with Gasteiger partial charge in [-0.05, 0) is 47.0 Å². The Kier molecular flexibility index (Phi) is 7.79.